The van der Waals surface area contributed by atoms with Crippen molar-refractivity contribution in [2.75, 3.05) is 5.32 Å². The molecule has 5 aromatic rings. The van der Waals surface area contributed by atoms with Crippen LogP contribution in [0.4, 0.5) is 15.9 Å². The maximum absolute atomic E-state index is 13.5. The molecular weight excluding hydrogens is 389 g/mol. The number of para-hydroxylation sites is 2. The van der Waals surface area contributed by atoms with Crippen LogP contribution in [0.1, 0.15) is 11.5 Å². The molecule has 0 bridgehead atoms. The van der Waals surface area contributed by atoms with Gasteiger partial charge in [-0.15, -0.1) is 5.10 Å². The number of rotatable bonds is 5. The van der Waals surface area contributed by atoms with E-state index in [-0.39, 0.29) is 5.82 Å². The fourth-order valence-electron chi connectivity index (χ4n) is 3.04. The highest BCUT2D eigenvalue weighted by Gasteiger charge is 2.12. The van der Waals surface area contributed by atoms with Gasteiger partial charge in [0.05, 0.1) is 16.8 Å². The quantitative estimate of drug-likeness (QED) is 0.419. The zero-order chi connectivity index (χ0) is 19.8. The lowest BCUT2D eigenvalue weighted by Crippen LogP contribution is -2.02. The zero-order valence-corrected chi connectivity index (χ0v) is 16.2. The Hall–Kier alpha value is -3.46. The number of imidazole rings is 1. The number of thioether (sulfide) groups is 1. The van der Waals surface area contributed by atoms with Crippen LogP contribution in [-0.4, -0.2) is 29.5 Å². The molecule has 0 aliphatic rings. The van der Waals surface area contributed by atoms with E-state index in [2.05, 4.69) is 30.4 Å². The van der Waals surface area contributed by atoms with Gasteiger partial charge < -0.3 is 10.3 Å². The number of nitrogens with one attached hydrogen (secondary N) is 2. The fraction of sp³-hybridized carbons (Fsp3) is 0.100. The van der Waals surface area contributed by atoms with Crippen molar-refractivity contribution in [3.63, 3.8) is 0 Å². The summed E-state index contributed by atoms with van der Waals surface area (Å²) in [5.41, 5.74) is 3.36. The van der Waals surface area contributed by atoms with Gasteiger partial charge in [0.15, 0.2) is 0 Å². The standard InChI is InChI=1S/C20H16FN7S/c1-12-9-18(23-14-6-4-5-13(21)10-14)28-19(22-12)26-20(27-28)29-11-17-24-15-7-2-3-8-16(15)25-17/h2-10,23H,11H2,1H3,(H,24,25). The van der Waals surface area contributed by atoms with Crippen molar-refractivity contribution in [3.05, 3.63) is 71.9 Å². The SMILES string of the molecule is Cc1cc(Nc2cccc(F)c2)n2nc(SCc3nc4ccccc4[nH]3)nc2n1. The van der Waals surface area contributed by atoms with Gasteiger partial charge in [-0.2, -0.15) is 9.50 Å². The lowest BCUT2D eigenvalue weighted by atomic mass is 10.3. The Balaban J connectivity index is 1.41. The molecule has 9 heteroatoms. The Bertz CT molecular complexity index is 1290. The first kappa shape index (κ1) is 17.6. The maximum Gasteiger partial charge on any atom is 0.255 e. The number of benzene rings is 2. The number of hydrogen-bond acceptors (Lipinski definition) is 6. The van der Waals surface area contributed by atoms with E-state index in [9.17, 15) is 4.39 Å². The van der Waals surface area contributed by atoms with Gasteiger partial charge in [0.2, 0.25) is 5.16 Å². The second kappa shape index (κ2) is 7.17. The number of aromatic amines is 1. The highest BCUT2D eigenvalue weighted by molar-refractivity contribution is 7.98. The maximum atomic E-state index is 13.5. The van der Waals surface area contributed by atoms with Crippen molar-refractivity contribution < 1.29 is 4.39 Å². The smallest absolute Gasteiger partial charge is 0.255 e. The summed E-state index contributed by atoms with van der Waals surface area (Å²) in [6.45, 7) is 1.88. The van der Waals surface area contributed by atoms with Crippen LogP contribution in [0.2, 0.25) is 0 Å². The Kier molecular flexibility index (Phi) is 4.36. The topological polar surface area (TPSA) is 83.8 Å². The molecule has 29 heavy (non-hydrogen) atoms. The largest absolute Gasteiger partial charge is 0.341 e. The average Bonchev–Trinajstić information content (AvgIpc) is 3.29. The van der Waals surface area contributed by atoms with Crippen LogP contribution in [0.25, 0.3) is 16.8 Å². The number of nitrogens with zero attached hydrogens (tertiary/aromatic N) is 5. The first-order valence-electron chi connectivity index (χ1n) is 8.97. The summed E-state index contributed by atoms with van der Waals surface area (Å²) in [7, 11) is 0. The Labute approximate surface area is 169 Å². The van der Waals surface area contributed by atoms with E-state index in [0.717, 1.165) is 22.6 Å². The Morgan fingerprint density at radius 3 is 2.83 bits per heavy atom. The van der Waals surface area contributed by atoms with E-state index in [0.29, 0.717) is 28.2 Å². The zero-order valence-electron chi connectivity index (χ0n) is 15.4. The normalized spacial score (nSPS) is 11.4. The van der Waals surface area contributed by atoms with Crippen LogP contribution in [0.5, 0.6) is 0 Å². The summed E-state index contributed by atoms with van der Waals surface area (Å²) in [6, 6.07) is 16.0. The van der Waals surface area contributed by atoms with Gasteiger partial charge in [-0.25, -0.2) is 14.4 Å². The van der Waals surface area contributed by atoms with Crippen molar-refractivity contribution >= 4 is 40.1 Å². The molecule has 3 aromatic heterocycles. The number of H-pyrrole nitrogens is 1. The third kappa shape index (κ3) is 3.64. The summed E-state index contributed by atoms with van der Waals surface area (Å²) < 4.78 is 15.1. The van der Waals surface area contributed by atoms with Crippen molar-refractivity contribution in [1.82, 2.24) is 29.5 Å². The van der Waals surface area contributed by atoms with E-state index < -0.39 is 0 Å². The molecule has 3 heterocycles. The van der Waals surface area contributed by atoms with Gasteiger partial charge in [-0.3, -0.25) is 0 Å². The third-order valence-corrected chi connectivity index (χ3v) is 5.14. The van der Waals surface area contributed by atoms with Crippen LogP contribution in [0, 0.1) is 12.7 Å². The minimum atomic E-state index is -0.308. The average molecular weight is 405 g/mol. The molecule has 5 rings (SSSR count). The molecule has 0 fully saturated rings. The van der Waals surface area contributed by atoms with Crippen molar-refractivity contribution in [3.8, 4) is 0 Å². The molecule has 2 aromatic carbocycles. The molecule has 0 atom stereocenters. The van der Waals surface area contributed by atoms with Crippen molar-refractivity contribution in [1.29, 1.82) is 0 Å². The van der Waals surface area contributed by atoms with Crippen LogP contribution in [0.15, 0.2) is 59.8 Å². The number of fused-ring (bicyclic) bond motifs is 2. The molecule has 144 valence electrons. The van der Waals surface area contributed by atoms with Crippen LogP contribution in [-0.2, 0) is 5.75 Å². The second-order valence-corrected chi connectivity index (χ2v) is 7.46. The molecule has 0 aliphatic heterocycles. The summed E-state index contributed by atoms with van der Waals surface area (Å²) in [5, 5.41) is 8.32. The molecule has 0 saturated heterocycles. The Morgan fingerprint density at radius 2 is 1.97 bits per heavy atom. The summed E-state index contributed by atoms with van der Waals surface area (Å²) in [4.78, 5) is 16.8. The van der Waals surface area contributed by atoms with E-state index in [4.69, 9.17) is 0 Å². The van der Waals surface area contributed by atoms with Gasteiger partial charge >= 0.3 is 0 Å². The van der Waals surface area contributed by atoms with Crippen LogP contribution >= 0.6 is 11.8 Å². The van der Waals surface area contributed by atoms with E-state index in [1.54, 1.807) is 16.6 Å². The van der Waals surface area contributed by atoms with Gasteiger partial charge in [0, 0.05) is 17.4 Å². The molecule has 0 aliphatic carbocycles. The predicted octanol–water partition coefficient (Wildman–Crippen LogP) is 4.48. The molecule has 2 N–H and O–H groups in total. The number of hydrogen-bond donors (Lipinski definition) is 2. The number of anilines is 2. The van der Waals surface area contributed by atoms with Gasteiger partial charge in [0.1, 0.15) is 17.5 Å². The fourth-order valence-corrected chi connectivity index (χ4v) is 3.73. The molecule has 7 nitrogen and oxygen atoms in total. The lowest BCUT2D eigenvalue weighted by molar-refractivity contribution is 0.628. The van der Waals surface area contributed by atoms with E-state index >= 15 is 0 Å². The molecule has 0 amide bonds. The molecular formula is C20H16FN7S. The summed E-state index contributed by atoms with van der Waals surface area (Å²) in [6.07, 6.45) is 0. The minimum absolute atomic E-state index is 0.308. The minimum Gasteiger partial charge on any atom is -0.341 e. The monoisotopic (exact) mass is 405 g/mol. The lowest BCUT2D eigenvalue weighted by Gasteiger charge is -2.08. The second-order valence-electron chi connectivity index (χ2n) is 6.51. The molecule has 0 spiro atoms. The van der Waals surface area contributed by atoms with Gasteiger partial charge in [-0.1, -0.05) is 30.0 Å². The summed E-state index contributed by atoms with van der Waals surface area (Å²) >= 11 is 1.47. The van der Waals surface area contributed by atoms with Crippen LogP contribution < -0.4 is 5.32 Å². The molecule has 0 saturated carbocycles. The number of halogens is 1. The number of aromatic nitrogens is 6. The summed E-state index contributed by atoms with van der Waals surface area (Å²) in [5.74, 6) is 2.31. The van der Waals surface area contributed by atoms with Crippen LogP contribution in [0.3, 0.4) is 0 Å². The Morgan fingerprint density at radius 1 is 1.07 bits per heavy atom. The van der Waals surface area contributed by atoms with Gasteiger partial charge in [0.25, 0.3) is 5.78 Å². The third-order valence-electron chi connectivity index (χ3n) is 4.29. The highest BCUT2D eigenvalue weighted by Crippen LogP contribution is 2.23. The van der Waals surface area contributed by atoms with Crippen molar-refractivity contribution in [2.45, 2.75) is 17.8 Å². The van der Waals surface area contributed by atoms with Gasteiger partial charge in [-0.05, 0) is 37.3 Å². The number of aryl methyl sites for hydroxylation is 1. The predicted molar refractivity (Wildman–Crippen MR) is 111 cm³/mol. The molecule has 0 radical (unpaired) electrons. The highest BCUT2D eigenvalue weighted by atomic mass is 32.2. The first-order valence-corrected chi connectivity index (χ1v) is 9.96. The first-order chi connectivity index (χ1) is 14.1. The van der Waals surface area contributed by atoms with Crippen molar-refractivity contribution in [2.24, 2.45) is 0 Å². The van der Waals surface area contributed by atoms with E-state index in [1.165, 1.54) is 23.9 Å². The van der Waals surface area contributed by atoms with E-state index in [1.807, 2.05) is 37.3 Å². The molecule has 0 unspecified atom stereocenters.